The minimum Gasteiger partial charge on any atom is -0.447 e. The third-order valence-electron chi connectivity index (χ3n) is 5.75. The van der Waals surface area contributed by atoms with Crippen molar-refractivity contribution in [1.29, 1.82) is 0 Å². The third kappa shape index (κ3) is 7.73. The molecule has 0 aromatic carbocycles. The van der Waals surface area contributed by atoms with E-state index >= 15 is 0 Å². The van der Waals surface area contributed by atoms with Gasteiger partial charge in [-0.2, -0.15) is 0 Å². The molecule has 1 rings (SSSR count). The maximum absolute atomic E-state index is 11.8. The smallest absolute Gasteiger partial charge is 0.407 e. The lowest BCUT2D eigenvalue weighted by atomic mass is 9.79. The maximum atomic E-state index is 11.8. The van der Waals surface area contributed by atoms with Crippen molar-refractivity contribution in [3.63, 3.8) is 0 Å². The maximum Gasteiger partial charge on any atom is 0.407 e. The highest BCUT2D eigenvalue weighted by Gasteiger charge is 2.47. The number of carbonyl (C=O) groups is 1. The van der Waals surface area contributed by atoms with Gasteiger partial charge in [0.05, 0.1) is 6.10 Å². The first-order valence-corrected chi connectivity index (χ1v) is 12.9. The van der Waals surface area contributed by atoms with Crippen LogP contribution in [0.1, 0.15) is 46.0 Å². The number of nitrogens with two attached hydrogens (primary N) is 1. The molecular weight excluding hydrogens is 363 g/mol. The standard InChI is InChI=1S/C18H37BN2O5Si/c1-18(2,27(3,4)24)11-13-15(22)14(26-16(13)19)12-25-17(23)21-10-8-6-5-7-9-20/h13-16,22,24H,5-12,20H2,1-4H3,(H,21,23)/t13-,14+,15?,16+/m0/s1. The molecule has 1 heterocycles. The Kier molecular flexibility index (Phi) is 9.78. The summed E-state index contributed by atoms with van der Waals surface area (Å²) in [6.07, 6.45) is 2.48. The fraction of sp³-hybridized carbons (Fsp3) is 0.944. The molecule has 1 aliphatic heterocycles. The summed E-state index contributed by atoms with van der Waals surface area (Å²) in [7, 11) is 3.62. The number of carbonyl (C=O) groups excluding carboxylic acids is 1. The first-order valence-electron chi connectivity index (χ1n) is 9.92. The Balaban J connectivity index is 2.37. The number of unbranched alkanes of at least 4 members (excludes halogenated alkanes) is 3. The van der Waals surface area contributed by atoms with Crippen LogP contribution in [0.25, 0.3) is 0 Å². The average molecular weight is 400 g/mol. The fourth-order valence-electron chi connectivity index (χ4n) is 3.09. The molecule has 1 aliphatic rings. The van der Waals surface area contributed by atoms with E-state index in [4.69, 9.17) is 23.1 Å². The van der Waals surface area contributed by atoms with Gasteiger partial charge in [0.25, 0.3) is 0 Å². The van der Waals surface area contributed by atoms with Crippen molar-refractivity contribution in [2.24, 2.45) is 11.7 Å². The number of aliphatic hydroxyl groups is 1. The van der Waals surface area contributed by atoms with E-state index in [1.165, 1.54) is 0 Å². The van der Waals surface area contributed by atoms with Crippen molar-refractivity contribution in [3.05, 3.63) is 0 Å². The van der Waals surface area contributed by atoms with E-state index < -0.39 is 32.6 Å². The quantitative estimate of drug-likeness (QED) is 0.309. The van der Waals surface area contributed by atoms with Gasteiger partial charge in [-0.3, -0.25) is 0 Å². The number of hydrogen-bond acceptors (Lipinski definition) is 6. The topological polar surface area (TPSA) is 114 Å². The number of hydrogen-bond donors (Lipinski definition) is 4. The second-order valence-corrected chi connectivity index (χ2v) is 13.1. The predicted molar refractivity (Wildman–Crippen MR) is 109 cm³/mol. The van der Waals surface area contributed by atoms with Crippen molar-refractivity contribution in [2.45, 2.75) is 82.3 Å². The monoisotopic (exact) mass is 400 g/mol. The number of alkyl carbamates (subject to hydrolysis) is 1. The van der Waals surface area contributed by atoms with E-state index in [1.807, 2.05) is 26.9 Å². The molecule has 9 heteroatoms. The zero-order valence-corrected chi connectivity index (χ0v) is 18.2. The third-order valence-corrected chi connectivity index (χ3v) is 9.27. The van der Waals surface area contributed by atoms with Crippen LogP contribution in [0, 0.1) is 5.92 Å². The minimum atomic E-state index is -2.42. The highest BCUT2D eigenvalue weighted by Crippen LogP contribution is 2.45. The zero-order chi connectivity index (χ0) is 20.7. The number of ether oxygens (including phenoxy) is 2. The molecule has 0 saturated carbocycles. The second-order valence-electron chi connectivity index (χ2n) is 8.67. The van der Waals surface area contributed by atoms with Gasteiger partial charge in [0.2, 0.25) is 0 Å². The Morgan fingerprint density at radius 2 is 1.93 bits per heavy atom. The van der Waals surface area contributed by atoms with Gasteiger partial charge in [0.1, 0.15) is 20.6 Å². The molecule has 5 N–H and O–H groups in total. The zero-order valence-electron chi connectivity index (χ0n) is 17.2. The lowest BCUT2D eigenvalue weighted by Crippen LogP contribution is -2.43. The van der Waals surface area contributed by atoms with E-state index in [2.05, 4.69) is 5.32 Å². The van der Waals surface area contributed by atoms with Crippen molar-refractivity contribution < 1.29 is 24.2 Å². The van der Waals surface area contributed by atoms with Crippen LogP contribution >= 0.6 is 0 Å². The molecule has 2 radical (unpaired) electrons. The fourth-order valence-corrected chi connectivity index (χ4v) is 3.82. The largest absolute Gasteiger partial charge is 0.447 e. The summed E-state index contributed by atoms with van der Waals surface area (Å²) in [5.41, 5.74) is 5.43. The molecule has 0 aromatic rings. The molecule has 7 nitrogen and oxygen atoms in total. The van der Waals surface area contributed by atoms with E-state index in [0.717, 1.165) is 25.7 Å². The summed E-state index contributed by atoms with van der Waals surface area (Å²) >= 11 is 0. The van der Waals surface area contributed by atoms with Crippen LogP contribution in [0.5, 0.6) is 0 Å². The van der Waals surface area contributed by atoms with Crippen molar-refractivity contribution >= 4 is 22.3 Å². The van der Waals surface area contributed by atoms with E-state index in [9.17, 15) is 14.7 Å². The van der Waals surface area contributed by atoms with E-state index in [-0.39, 0.29) is 17.6 Å². The molecule has 27 heavy (non-hydrogen) atoms. The van der Waals surface area contributed by atoms with Crippen LogP contribution in [0.2, 0.25) is 18.1 Å². The average Bonchev–Trinajstić information content (AvgIpc) is 2.82. The number of rotatable bonds is 11. The Hall–Kier alpha value is -0.608. The van der Waals surface area contributed by atoms with Crippen LogP contribution < -0.4 is 11.1 Å². The molecule has 1 unspecified atom stereocenters. The summed E-state index contributed by atoms with van der Waals surface area (Å²) in [6, 6.07) is -0.644. The van der Waals surface area contributed by atoms with Gasteiger partial charge >= 0.3 is 6.09 Å². The van der Waals surface area contributed by atoms with Gasteiger partial charge in [0.15, 0.2) is 8.32 Å². The molecule has 1 fully saturated rings. The highest BCUT2D eigenvalue weighted by molar-refractivity contribution is 6.72. The molecule has 156 valence electrons. The summed E-state index contributed by atoms with van der Waals surface area (Å²) in [4.78, 5) is 22.2. The predicted octanol–water partition coefficient (Wildman–Crippen LogP) is 1.47. The Labute approximate surface area is 165 Å². The summed E-state index contributed by atoms with van der Waals surface area (Å²) in [6.45, 7) is 8.92. The number of amides is 1. The van der Waals surface area contributed by atoms with Crippen LogP contribution in [0.15, 0.2) is 0 Å². The molecule has 0 aliphatic carbocycles. The Bertz CT molecular complexity index is 462. The first kappa shape index (κ1) is 24.4. The lowest BCUT2D eigenvalue weighted by Gasteiger charge is -2.38. The SMILES string of the molecule is [B][C@@H]1O[C@H](COC(=O)NCCCCCCN)C(O)[C@@H]1CC(C)(C)[Si](C)(C)O. The number of nitrogens with one attached hydrogen (secondary N) is 1. The Morgan fingerprint density at radius 3 is 2.52 bits per heavy atom. The molecule has 0 spiro atoms. The lowest BCUT2D eigenvalue weighted by molar-refractivity contribution is -0.0114. The Morgan fingerprint density at radius 1 is 1.30 bits per heavy atom. The van der Waals surface area contributed by atoms with Gasteiger partial charge in [-0.05, 0) is 43.9 Å². The molecule has 0 aromatic heterocycles. The molecule has 0 bridgehead atoms. The highest BCUT2D eigenvalue weighted by atomic mass is 28.4. The van der Waals surface area contributed by atoms with E-state index in [1.54, 1.807) is 0 Å². The van der Waals surface area contributed by atoms with Crippen LogP contribution in [-0.2, 0) is 9.47 Å². The van der Waals surface area contributed by atoms with Gasteiger partial charge < -0.3 is 30.4 Å². The second kappa shape index (κ2) is 10.8. The van der Waals surface area contributed by atoms with Crippen LogP contribution in [0.3, 0.4) is 0 Å². The van der Waals surface area contributed by atoms with Crippen molar-refractivity contribution in [1.82, 2.24) is 5.32 Å². The molecule has 4 atom stereocenters. The molecule has 1 amide bonds. The first-order chi connectivity index (χ1) is 12.5. The molecule has 1 saturated heterocycles. The molecular formula is C18H37BN2O5Si. The van der Waals surface area contributed by atoms with Crippen LogP contribution in [0.4, 0.5) is 4.79 Å². The summed E-state index contributed by atoms with van der Waals surface area (Å²) < 4.78 is 10.8. The van der Waals surface area contributed by atoms with E-state index in [0.29, 0.717) is 19.5 Å². The summed E-state index contributed by atoms with van der Waals surface area (Å²) in [5, 5.41) is 12.9. The van der Waals surface area contributed by atoms with Gasteiger partial charge in [0, 0.05) is 18.5 Å². The van der Waals surface area contributed by atoms with Crippen molar-refractivity contribution in [2.75, 3.05) is 19.7 Å². The van der Waals surface area contributed by atoms with Gasteiger partial charge in [-0.15, -0.1) is 0 Å². The minimum absolute atomic E-state index is 0.0508. The normalized spacial score (nSPS) is 26.2. The summed E-state index contributed by atoms with van der Waals surface area (Å²) in [5.74, 6) is -0.307. The van der Waals surface area contributed by atoms with Gasteiger partial charge in [-0.1, -0.05) is 26.7 Å². The number of aliphatic hydroxyl groups excluding tert-OH is 1. The van der Waals surface area contributed by atoms with Gasteiger partial charge in [-0.25, -0.2) is 4.79 Å². The van der Waals surface area contributed by atoms with Crippen molar-refractivity contribution in [3.8, 4) is 0 Å². The van der Waals surface area contributed by atoms with Crippen LogP contribution in [-0.4, -0.2) is 70.1 Å².